The predicted octanol–water partition coefficient (Wildman–Crippen LogP) is 3.27. The van der Waals surface area contributed by atoms with Crippen molar-refractivity contribution in [1.82, 2.24) is 5.43 Å². The number of halogens is 1. The van der Waals surface area contributed by atoms with Gasteiger partial charge in [0.2, 0.25) is 0 Å². The first-order chi connectivity index (χ1) is 11.9. The summed E-state index contributed by atoms with van der Waals surface area (Å²) in [6.07, 6.45) is 1.40. The van der Waals surface area contributed by atoms with E-state index in [1.807, 2.05) is 19.1 Å². The van der Waals surface area contributed by atoms with Crippen LogP contribution in [0.1, 0.15) is 11.1 Å². The third-order valence-electron chi connectivity index (χ3n) is 3.00. The van der Waals surface area contributed by atoms with E-state index in [1.165, 1.54) is 12.3 Å². The van der Waals surface area contributed by atoms with Gasteiger partial charge >= 0.3 is 12.0 Å². The van der Waals surface area contributed by atoms with Crippen LogP contribution in [0.15, 0.2) is 47.6 Å². The van der Waals surface area contributed by atoms with E-state index < -0.39 is 18.6 Å². The number of carboxylic acids is 1. The van der Waals surface area contributed by atoms with Gasteiger partial charge in [-0.25, -0.2) is 15.0 Å². The lowest BCUT2D eigenvalue weighted by atomic mass is 10.2. The van der Waals surface area contributed by atoms with Gasteiger partial charge in [-0.2, -0.15) is 5.10 Å². The van der Waals surface area contributed by atoms with Crippen LogP contribution in [0.25, 0.3) is 0 Å². The number of aliphatic carboxylic acids is 1. The smallest absolute Gasteiger partial charge is 0.341 e. The number of carbonyl (C=O) groups is 2. The highest BCUT2D eigenvalue weighted by molar-refractivity contribution is 6.32. The maximum absolute atomic E-state index is 11.7. The zero-order valence-electron chi connectivity index (χ0n) is 13.3. The summed E-state index contributed by atoms with van der Waals surface area (Å²) in [4.78, 5) is 22.2. The van der Waals surface area contributed by atoms with Crippen LogP contribution in [-0.4, -0.2) is 29.9 Å². The highest BCUT2D eigenvalue weighted by atomic mass is 35.5. The lowest BCUT2D eigenvalue weighted by molar-refractivity contribution is -0.139. The molecule has 0 heterocycles. The highest BCUT2D eigenvalue weighted by Gasteiger charge is 2.05. The summed E-state index contributed by atoms with van der Waals surface area (Å²) in [5.41, 5.74) is 4.70. The summed E-state index contributed by atoms with van der Waals surface area (Å²) >= 11 is 6.00. The SMILES string of the molecule is Cc1ccc(NC(=O)N/N=C/c2ccc(OCC(=O)O)c(Cl)c2)cc1. The molecule has 0 saturated carbocycles. The molecule has 130 valence electrons. The number of nitrogens with one attached hydrogen (secondary N) is 2. The molecule has 0 aliphatic rings. The van der Waals surface area contributed by atoms with Crippen LogP contribution in [0, 0.1) is 6.92 Å². The first-order valence-corrected chi connectivity index (χ1v) is 7.63. The largest absolute Gasteiger partial charge is 0.480 e. The van der Waals surface area contributed by atoms with Gasteiger partial charge in [0.15, 0.2) is 6.61 Å². The van der Waals surface area contributed by atoms with E-state index in [0.29, 0.717) is 11.3 Å². The van der Waals surface area contributed by atoms with Crippen molar-refractivity contribution in [1.29, 1.82) is 0 Å². The van der Waals surface area contributed by atoms with E-state index >= 15 is 0 Å². The van der Waals surface area contributed by atoms with Crippen molar-refractivity contribution in [2.45, 2.75) is 6.92 Å². The molecule has 8 heteroatoms. The van der Waals surface area contributed by atoms with E-state index in [-0.39, 0.29) is 10.8 Å². The number of hydrogen-bond donors (Lipinski definition) is 3. The number of anilines is 1. The summed E-state index contributed by atoms with van der Waals surface area (Å²) in [7, 11) is 0. The maximum Gasteiger partial charge on any atom is 0.341 e. The van der Waals surface area contributed by atoms with Gasteiger partial charge in [-0.05, 0) is 42.8 Å². The van der Waals surface area contributed by atoms with Crippen LogP contribution < -0.4 is 15.5 Å². The Hall–Kier alpha value is -3.06. The third kappa shape index (κ3) is 6.15. The Balaban J connectivity index is 1.88. The monoisotopic (exact) mass is 361 g/mol. The molecule has 0 aromatic heterocycles. The first kappa shape index (κ1) is 18.3. The molecule has 3 N–H and O–H groups in total. The van der Waals surface area contributed by atoms with Crippen molar-refractivity contribution < 1.29 is 19.4 Å². The summed E-state index contributed by atoms with van der Waals surface area (Å²) in [5, 5.41) is 15.3. The van der Waals surface area contributed by atoms with Gasteiger partial charge in [-0.1, -0.05) is 29.3 Å². The Morgan fingerprint density at radius 2 is 1.96 bits per heavy atom. The van der Waals surface area contributed by atoms with Gasteiger partial charge in [0.1, 0.15) is 5.75 Å². The molecule has 2 amide bonds. The van der Waals surface area contributed by atoms with E-state index in [0.717, 1.165) is 5.56 Å². The third-order valence-corrected chi connectivity index (χ3v) is 3.29. The van der Waals surface area contributed by atoms with Crippen molar-refractivity contribution in [3.8, 4) is 5.75 Å². The van der Waals surface area contributed by atoms with Gasteiger partial charge < -0.3 is 15.2 Å². The summed E-state index contributed by atoms with van der Waals surface area (Å²) < 4.78 is 5.01. The molecule has 0 bridgehead atoms. The molecule has 0 saturated heterocycles. The average Bonchev–Trinajstić information content (AvgIpc) is 2.56. The predicted molar refractivity (Wildman–Crippen MR) is 95.5 cm³/mol. The van der Waals surface area contributed by atoms with E-state index in [9.17, 15) is 9.59 Å². The molecular formula is C17H16ClN3O4. The van der Waals surface area contributed by atoms with E-state index in [2.05, 4.69) is 15.8 Å². The summed E-state index contributed by atoms with van der Waals surface area (Å²) in [6, 6.07) is 11.6. The van der Waals surface area contributed by atoms with Crippen LogP contribution in [0.5, 0.6) is 5.75 Å². The maximum atomic E-state index is 11.7. The van der Waals surface area contributed by atoms with Gasteiger partial charge in [-0.15, -0.1) is 0 Å². The fourth-order valence-corrected chi connectivity index (χ4v) is 2.06. The quantitative estimate of drug-likeness (QED) is 0.543. The van der Waals surface area contributed by atoms with E-state index in [1.54, 1.807) is 24.3 Å². The molecule has 2 rings (SSSR count). The molecule has 0 spiro atoms. The zero-order valence-corrected chi connectivity index (χ0v) is 14.1. The Labute approximate surface area is 149 Å². The van der Waals surface area contributed by atoms with Crippen molar-refractivity contribution >= 4 is 35.5 Å². The number of hydrazone groups is 1. The number of aryl methyl sites for hydroxylation is 1. The number of rotatable bonds is 6. The average molecular weight is 362 g/mol. The molecular weight excluding hydrogens is 346 g/mol. The minimum absolute atomic E-state index is 0.245. The summed E-state index contributed by atoms with van der Waals surface area (Å²) in [6.45, 7) is 1.48. The minimum atomic E-state index is -1.09. The van der Waals surface area contributed by atoms with Crippen molar-refractivity contribution in [2.75, 3.05) is 11.9 Å². The second-order valence-corrected chi connectivity index (χ2v) is 5.47. The lowest BCUT2D eigenvalue weighted by Crippen LogP contribution is -2.24. The normalized spacial score (nSPS) is 10.5. The van der Waals surface area contributed by atoms with Crippen molar-refractivity contribution in [2.24, 2.45) is 5.10 Å². The number of amides is 2. The van der Waals surface area contributed by atoms with E-state index in [4.69, 9.17) is 21.4 Å². The Morgan fingerprint density at radius 1 is 1.24 bits per heavy atom. The Kier molecular flexibility index (Phi) is 6.36. The molecule has 2 aromatic carbocycles. The van der Waals surface area contributed by atoms with Crippen LogP contribution in [-0.2, 0) is 4.79 Å². The Bertz CT molecular complexity index is 791. The molecule has 0 unspecified atom stereocenters. The fourth-order valence-electron chi connectivity index (χ4n) is 1.82. The molecule has 0 atom stereocenters. The van der Waals surface area contributed by atoms with Crippen molar-refractivity contribution in [3.63, 3.8) is 0 Å². The topological polar surface area (TPSA) is 100 Å². The number of ether oxygens (including phenoxy) is 1. The molecule has 7 nitrogen and oxygen atoms in total. The number of hydrogen-bond acceptors (Lipinski definition) is 4. The first-order valence-electron chi connectivity index (χ1n) is 7.25. The number of carbonyl (C=O) groups excluding carboxylic acids is 1. The van der Waals surface area contributed by atoms with Crippen LogP contribution in [0.2, 0.25) is 5.02 Å². The zero-order chi connectivity index (χ0) is 18.2. The number of urea groups is 1. The second-order valence-electron chi connectivity index (χ2n) is 5.06. The molecule has 0 aliphatic heterocycles. The van der Waals surface area contributed by atoms with Crippen LogP contribution in [0.3, 0.4) is 0 Å². The number of carboxylic acid groups (broad SMARTS) is 1. The summed E-state index contributed by atoms with van der Waals surface area (Å²) in [5.74, 6) is -0.836. The number of benzene rings is 2. The molecule has 2 aromatic rings. The second kappa shape index (κ2) is 8.70. The number of nitrogens with zero attached hydrogens (tertiary/aromatic N) is 1. The van der Waals surface area contributed by atoms with Crippen molar-refractivity contribution in [3.05, 3.63) is 58.6 Å². The van der Waals surface area contributed by atoms with Gasteiger partial charge in [-0.3, -0.25) is 0 Å². The van der Waals surface area contributed by atoms with Gasteiger partial charge in [0.25, 0.3) is 0 Å². The lowest BCUT2D eigenvalue weighted by Gasteiger charge is -2.06. The van der Waals surface area contributed by atoms with Gasteiger partial charge in [0, 0.05) is 5.69 Å². The minimum Gasteiger partial charge on any atom is -0.480 e. The molecule has 0 aliphatic carbocycles. The van der Waals surface area contributed by atoms with Crippen LogP contribution >= 0.6 is 11.6 Å². The molecule has 0 radical (unpaired) electrons. The Morgan fingerprint density at radius 3 is 2.60 bits per heavy atom. The standard InChI is InChI=1S/C17H16ClN3O4/c1-11-2-5-13(6-3-11)20-17(24)21-19-9-12-4-7-15(14(18)8-12)25-10-16(22)23/h2-9H,10H2,1H3,(H,22,23)(H2,20,21,24)/b19-9+. The fraction of sp³-hybridized carbons (Fsp3) is 0.118. The van der Waals surface area contributed by atoms with Gasteiger partial charge in [0.05, 0.1) is 11.2 Å². The van der Waals surface area contributed by atoms with Crippen LogP contribution in [0.4, 0.5) is 10.5 Å². The molecule has 0 fully saturated rings. The molecule has 25 heavy (non-hydrogen) atoms. The highest BCUT2D eigenvalue weighted by Crippen LogP contribution is 2.24.